The molecule has 0 radical (unpaired) electrons. The van der Waals surface area contributed by atoms with Crippen LogP contribution in [-0.4, -0.2) is 17.0 Å². The second-order valence-corrected chi connectivity index (χ2v) is 3.44. The summed E-state index contributed by atoms with van der Waals surface area (Å²) in [5, 5.41) is 11.6. The van der Waals surface area contributed by atoms with E-state index in [0.717, 1.165) is 0 Å². The van der Waals surface area contributed by atoms with Crippen LogP contribution in [0.4, 0.5) is 37.7 Å². The molecule has 1 rings (SSSR count). The molecule has 1 aromatic carbocycles. The zero-order chi connectivity index (χ0) is 15.7. The first-order valence-corrected chi connectivity index (χ1v) is 4.66. The summed E-state index contributed by atoms with van der Waals surface area (Å²) in [6.07, 6.45) is -10.4. The van der Waals surface area contributed by atoms with Crippen LogP contribution in [0, 0.1) is 10.1 Å². The number of alkyl halides is 6. The molecule has 0 aliphatic rings. The number of nitro groups is 1. The number of anilines is 1. The first-order valence-electron chi connectivity index (χ1n) is 4.66. The van der Waals surface area contributed by atoms with Crippen LogP contribution < -0.4 is 5.32 Å². The molecule has 0 bridgehead atoms. The highest BCUT2D eigenvalue weighted by Gasteiger charge is 2.41. The Morgan fingerprint density at radius 1 is 1.15 bits per heavy atom. The second kappa shape index (κ2) is 4.98. The lowest BCUT2D eigenvalue weighted by molar-refractivity contribution is -0.388. The van der Waals surface area contributed by atoms with Crippen LogP contribution in [0.1, 0.15) is 5.56 Å². The molecule has 110 valence electrons. The molecule has 20 heavy (non-hydrogen) atoms. The van der Waals surface area contributed by atoms with Crippen molar-refractivity contribution in [2.45, 2.75) is 12.4 Å². The van der Waals surface area contributed by atoms with Crippen molar-refractivity contribution >= 4 is 17.3 Å². The largest absolute Gasteiger partial charge is 0.471 e. The molecule has 0 aliphatic heterocycles. The normalized spacial score (nSPS) is 12.1. The summed E-state index contributed by atoms with van der Waals surface area (Å²) >= 11 is 0. The summed E-state index contributed by atoms with van der Waals surface area (Å²) in [5.74, 6) is -2.49. The summed E-state index contributed by atoms with van der Waals surface area (Å²) in [6, 6.07) is 0.980. The lowest BCUT2D eigenvalue weighted by Crippen LogP contribution is -2.30. The van der Waals surface area contributed by atoms with Crippen LogP contribution in [0.25, 0.3) is 0 Å². The van der Waals surface area contributed by atoms with Gasteiger partial charge in [-0.15, -0.1) is 0 Å². The Bertz CT molecular complexity index is 552. The van der Waals surface area contributed by atoms with Crippen molar-refractivity contribution in [3.8, 4) is 0 Å². The first kappa shape index (κ1) is 15.7. The van der Waals surface area contributed by atoms with Gasteiger partial charge in [-0.3, -0.25) is 14.9 Å². The van der Waals surface area contributed by atoms with Crippen LogP contribution in [0.2, 0.25) is 0 Å². The van der Waals surface area contributed by atoms with Crippen LogP contribution in [0.3, 0.4) is 0 Å². The highest BCUT2D eigenvalue weighted by Crippen LogP contribution is 2.37. The third-order valence-electron chi connectivity index (χ3n) is 2.01. The number of benzene rings is 1. The fourth-order valence-electron chi connectivity index (χ4n) is 1.20. The highest BCUT2D eigenvalue weighted by atomic mass is 19.4. The van der Waals surface area contributed by atoms with Crippen LogP contribution in [0.15, 0.2) is 18.2 Å². The molecule has 0 aliphatic carbocycles. The zero-order valence-corrected chi connectivity index (χ0v) is 9.17. The lowest BCUT2D eigenvalue weighted by atomic mass is 10.1. The van der Waals surface area contributed by atoms with Gasteiger partial charge in [-0.2, -0.15) is 26.3 Å². The average Bonchev–Trinajstić information content (AvgIpc) is 2.26. The van der Waals surface area contributed by atoms with Gasteiger partial charge in [0.1, 0.15) is 5.56 Å². The van der Waals surface area contributed by atoms with E-state index in [0.29, 0.717) is 12.1 Å². The first-order chi connectivity index (χ1) is 8.93. The van der Waals surface area contributed by atoms with E-state index in [4.69, 9.17) is 0 Å². The molecule has 0 spiro atoms. The smallest absolute Gasteiger partial charge is 0.318 e. The summed E-state index contributed by atoms with van der Waals surface area (Å²) in [7, 11) is 0. The van der Waals surface area contributed by atoms with Crippen molar-refractivity contribution < 1.29 is 36.1 Å². The Labute approximate surface area is 106 Å². The van der Waals surface area contributed by atoms with Gasteiger partial charge in [0.25, 0.3) is 5.69 Å². The number of nitro benzene ring substituents is 1. The van der Waals surface area contributed by atoms with Crippen LogP contribution >= 0.6 is 0 Å². The average molecular weight is 302 g/mol. The number of rotatable bonds is 2. The van der Waals surface area contributed by atoms with Gasteiger partial charge in [-0.1, -0.05) is 0 Å². The van der Waals surface area contributed by atoms with E-state index >= 15 is 0 Å². The maximum absolute atomic E-state index is 12.5. The van der Waals surface area contributed by atoms with E-state index in [2.05, 4.69) is 0 Å². The maximum Gasteiger partial charge on any atom is 0.471 e. The van der Waals surface area contributed by atoms with Gasteiger partial charge in [0.15, 0.2) is 0 Å². The number of amides is 1. The van der Waals surface area contributed by atoms with E-state index in [9.17, 15) is 41.3 Å². The predicted molar refractivity (Wildman–Crippen MR) is 52.8 cm³/mol. The zero-order valence-electron chi connectivity index (χ0n) is 9.17. The Morgan fingerprint density at radius 2 is 1.70 bits per heavy atom. The van der Waals surface area contributed by atoms with E-state index in [1.54, 1.807) is 0 Å². The quantitative estimate of drug-likeness (QED) is 0.518. The van der Waals surface area contributed by atoms with Crippen molar-refractivity contribution in [2.24, 2.45) is 0 Å². The molecular formula is C9H4F6N2O3. The Kier molecular flexibility index (Phi) is 3.92. The van der Waals surface area contributed by atoms with Gasteiger partial charge in [-0.25, -0.2) is 0 Å². The lowest BCUT2D eigenvalue weighted by Gasteiger charge is -2.11. The molecule has 5 nitrogen and oxygen atoms in total. The number of carbonyl (C=O) groups is 1. The van der Waals surface area contributed by atoms with Gasteiger partial charge in [0.2, 0.25) is 0 Å². The molecule has 1 amide bonds. The van der Waals surface area contributed by atoms with Gasteiger partial charge in [-0.05, 0) is 12.1 Å². The van der Waals surface area contributed by atoms with Gasteiger partial charge in [0.05, 0.1) is 4.92 Å². The third kappa shape index (κ3) is 3.59. The number of hydrogen-bond donors (Lipinski definition) is 1. The molecular weight excluding hydrogens is 298 g/mol. The van der Waals surface area contributed by atoms with Gasteiger partial charge >= 0.3 is 18.3 Å². The molecule has 11 heteroatoms. The minimum atomic E-state index is -5.29. The Hall–Kier alpha value is -2.33. The van der Waals surface area contributed by atoms with E-state index in [-0.39, 0.29) is 6.07 Å². The molecule has 0 atom stereocenters. The molecule has 0 fully saturated rings. The standard InChI is InChI=1S/C9H4F6N2O3/c10-8(11,12)5-3-4(1-2-6(5)17(19)20)16-7(18)9(13,14)15/h1-3H,(H,16,18). The Morgan fingerprint density at radius 3 is 2.10 bits per heavy atom. The molecule has 0 saturated heterocycles. The Balaban J connectivity index is 3.21. The van der Waals surface area contributed by atoms with Crippen LogP contribution in [0.5, 0.6) is 0 Å². The monoisotopic (exact) mass is 302 g/mol. The third-order valence-corrected chi connectivity index (χ3v) is 2.01. The minimum Gasteiger partial charge on any atom is -0.318 e. The summed E-state index contributed by atoms with van der Waals surface area (Å²) in [6.45, 7) is 0. The van der Waals surface area contributed by atoms with Gasteiger partial charge < -0.3 is 5.32 Å². The molecule has 1 aromatic rings. The van der Waals surface area contributed by atoms with Crippen molar-refractivity contribution in [3.05, 3.63) is 33.9 Å². The minimum absolute atomic E-state index is 0.0573. The topological polar surface area (TPSA) is 72.2 Å². The molecule has 0 unspecified atom stereocenters. The molecule has 0 heterocycles. The number of nitrogens with one attached hydrogen (secondary N) is 1. The maximum atomic E-state index is 12.5. The molecule has 0 saturated carbocycles. The van der Waals surface area contributed by atoms with E-state index in [1.807, 2.05) is 0 Å². The van der Waals surface area contributed by atoms with Gasteiger partial charge in [0, 0.05) is 11.8 Å². The molecule has 0 aromatic heterocycles. The van der Waals surface area contributed by atoms with Crippen molar-refractivity contribution in [2.75, 3.05) is 5.32 Å². The van der Waals surface area contributed by atoms with Crippen molar-refractivity contribution in [1.82, 2.24) is 0 Å². The fourth-order valence-corrected chi connectivity index (χ4v) is 1.20. The SMILES string of the molecule is O=C(Nc1ccc([N+](=O)[O-])c(C(F)(F)F)c1)C(F)(F)F. The number of nitrogens with zero attached hydrogens (tertiary/aromatic N) is 1. The molecule has 1 N–H and O–H groups in total. The predicted octanol–water partition coefficient (Wildman–Crippen LogP) is 3.11. The van der Waals surface area contributed by atoms with Crippen molar-refractivity contribution in [1.29, 1.82) is 0 Å². The van der Waals surface area contributed by atoms with Crippen LogP contribution in [-0.2, 0) is 11.0 Å². The number of hydrogen-bond acceptors (Lipinski definition) is 3. The summed E-state index contributed by atoms with van der Waals surface area (Å²) in [4.78, 5) is 19.6. The second-order valence-electron chi connectivity index (χ2n) is 3.44. The highest BCUT2D eigenvalue weighted by molar-refractivity contribution is 5.95. The number of halogens is 6. The van der Waals surface area contributed by atoms with E-state index in [1.165, 1.54) is 5.32 Å². The summed E-state index contributed by atoms with van der Waals surface area (Å²) < 4.78 is 73.4. The van der Waals surface area contributed by atoms with E-state index < -0.39 is 40.1 Å². The van der Waals surface area contributed by atoms with Crippen molar-refractivity contribution in [3.63, 3.8) is 0 Å². The number of carbonyl (C=O) groups excluding carboxylic acids is 1. The fraction of sp³-hybridized carbons (Fsp3) is 0.222. The summed E-state index contributed by atoms with van der Waals surface area (Å²) in [5.41, 5.74) is -3.95.